The summed E-state index contributed by atoms with van der Waals surface area (Å²) in [5, 5.41) is 0. The van der Waals surface area contributed by atoms with Crippen LogP contribution in [0.2, 0.25) is 0 Å². The molecule has 0 heterocycles. The van der Waals surface area contributed by atoms with Crippen LogP contribution in [0.5, 0.6) is 11.5 Å². The van der Waals surface area contributed by atoms with Crippen molar-refractivity contribution in [2.24, 2.45) is 5.92 Å². The molecule has 1 aliphatic rings. The summed E-state index contributed by atoms with van der Waals surface area (Å²) in [5.74, 6) is -2.93. The molecule has 0 N–H and O–H groups in total. The third kappa shape index (κ3) is 5.58. The van der Waals surface area contributed by atoms with Crippen molar-refractivity contribution in [3.63, 3.8) is 0 Å². The Balaban J connectivity index is 1.44. The number of rotatable bonds is 8. The third-order valence-corrected chi connectivity index (χ3v) is 6.77. The Kier molecular flexibility index (Phi) is 8.34. The first-order valence-electron chi connectivity index (χ1n) is 12.4. The minimum Gasteiger partial charge on any atom is -0.491 e. The molecule has 3 aromatic rings. The highest BCUT2D eigenvalue weighted by Gasteiger charge is 2.25. The normalized spacial score (nSPS) is 17.9. The van der Waals surface area contributed by atoms with E-state index in [-0.39, 0.29) is 36.0 Å². The molecular formula is C30H30F4O2. The molecule has 1 aliphatic carbocycles. The van der Waals surface area contributed by atoms with E-state index < -0.39 is 23.3 Å². The first-order chi connectivity index (χ1) is 17.4. The number of halogens is 4. The van der Waals surface area contributed by atoms with Gasteiger partial charge in [-0.15, -0.1) is 0 Å². The van der Waals surface area contributed by atoms with Crippen molar-refractivity contribution >= 4 is 0 Å². The second kappa shape index (κ2) is 11.6. The van der Waals surface area contributed by atoms with Crippen LogP contribution in [0, 0.1) is 29.2 Å². The van der Waals surface area contributed by atoms with Gasteiger partial charge < -0.3 is 9.47 Å². The average molecular weight is 499 g/mol. The van der Waals surface area contributed by atoms with Gasteiger partial charge in [0, 0.05) is 11.1 Å². The maximum Gasteiger partial charge on any atom is 0.201 e. The van der Waals surface area contributed by atoms with E-state index in [4.69, 9.17) is 9.47 Å². The highest BCUT2D eigenvalue weighted by atomic mass is 19.2. The van der Waals surface area contributed by atoms with E-state index in [1.54, 1.807) is 43.3 Å². The van der Waals surface area contributed by atoms with Crippen LogP contribution in [0.4, 0.5) is 17.6 Å². The monoisotopic (exact) mass is 498 g/mol. The van der Waals surface area contributed by atoms with Crippen molar-refractivity contribution < 1.29 is 27.0 Å². The van der Waals surface area contributed by atoms with Crippen LogP contribution in [0.3, 0.4) is 0 Å². The Hall–Kier alpha value is -3.28. The van der Waals surface area contributed by atoms with E-state index in [0.717, 1.165) is 25.7 Å². The van der Waals surface area contributed by atoms with E-state index in [0.29, 0.717) is 22.8 Å². The second-order valence-electron chi connectivity index (χ2n) is 9.06. The van der Waals surface area contributed by atoms with Gasteiger partial charge in [0.1, 0.15) is 12.4 Å². The summed E-state index contributed by atoms with van der Waals surface area (Å²) in [4.78, 5) is 0. The van der Waals surface area contributed by atoms with Crippen molar-refractivity contribution in [1.29, 1.82) is 0 Å². The molecule has 4 rings (SSSR count). The van der Waals surface area contributed by atoms with Gasteiger partial charge in [0.25, 0.3) is 0 Å². The predicted octanol–water partition coefficient (Wildman–Crippen LogP) is 8.74. The molecule has 0 aliphatic heterocycles. The lowest BCUT2D eigenvalue weighted by atomic mass is 9.78. The summed E-state index contributed by atoms with van der Waals surface area (Å²) in [5.41, 5.74) is 1.16. The molecule has 0 spiro atoms. The molecule has 1 saturated carbocycles. The number of hydrogen-bond donors (Lipinski definition) is 0. The van der Waals surface area contributed by atoms with E-state index in [1.807, 2.05) is 6.92 Å². The molecule has 0 radical (unpaired) electrons. The lowest BCUT2D eigenvalue weighted by Crippen LogP contribution is -2.13. The summed E-state index contributed by atoms with van der Waals surface area (Å²) in [6, 6.07) is 12.5. The van der Waals surface area contributed by atoms with Gasteiger partial charge in [-0.3, -0.25) is 0 Å². The molecule has 0 atom stereocenters. The minimum absolute atomic E-state index is 0.0265. The average Bonchev–Trinajstić information content (AvgIpc) is 2.89. The van der Waals surface area contributed by atoms with E-state index in [9.17, 15) is 8.78 Å². The van der Waals surface area contributed by atoms with Crippen molar-refractivity contribution in [3.8, 4) is 22.6 Å². The zero-order valence-corrected chi connectivity index (χ0v) is 20.5. The molecule has 0 bridgehead atoms. The van der Waals surface area contributed by atoms with Crippen LogP contribution < -0.4 is 9.47 Å². The quantitative estimate of drug-likeness (QED) is 0.228. The van der Waals surface area contributed by atoms with Gasteiger partial charge in [0.05, 0.1) is 6.61 Å². The molecule has 2 nitrogen and oxygen atoms in total. The molecule has 0 amide bonds. The van der Waals surface area contributed by atoms with Crippen molar-refractivity contribution in [3.05, 3.63) is 95.1 Å². The van der Waals surface area contributed by atoms with Gasteiger partial charge in [-0.2, -0.15) is 4.39 Å². The SMILES string of the molecule is C/C=C/C1CCC(c2ccc(-c3ccc(OCc4ccc(OCC)c(F)c4F)cc3)c(F)c2F)CC1. The Labute approximate surface area is 209 Å². The number of ether oxygens (including phenoxy) is 2. The van der Waals surface area contributed by atoms with E-state index in [1.165, 1.54) is 12.1 Å². The Morgan fingerprint density at radius 2 is 1.50 bits per heavy atom. The lowest BCUT2D eigenvalue weighted by molar-refractivity contribution is 0.289. The predicted molar refractivity (Wildman–Crippen MR) is 133 cm³/mol. The fraction of sp³-hybridized carbons (Fsp3) is 0.333. The van der Waals surface area contributed by atoms with Gasteiger partial charge in [-0.1, -0.05) is 36.4 Å². The summed E-state index contributed by atoms with van der Waals surface area (Å²) in [6.07, 6.45) is 7.88. The largest absolute Gasteiger partial charge is 0.491 e. The number of benzene rings is 3. The van der Waals surface area contributed by atoms with Crippen molar-refractivity contribution in [2.75, 3.05) is 6.61 Å². The first kappa shape index (κ1) is 25.8. The van der Waals surface area contributed by atoms with Crippen molar-refractivity contribution in [2.45, 2.75) is 52.1 Å². The fourth-order valence-corrected chi connectivity index (χ4v) is 4.84. The summed E-state index contributed by atoms with van der Waals surface area (Å²) in [6.45, 7) is 3.72. The zero-order valence-electron chi connectivity index (χ0n) is 20.5. The summed E-state index contributed by atoms with van der Waals surface area (Å²) < 4.78 is 69.0. The molecule has 0 aromatic heterocycles. The lowest BCUT2D eigenvalue weighted by Gasteiger charge is -2.27. The van der Waals surface area contributed by atoms with Crippen LogP contribution in [-0.4, -0.2) is 6.61 Å². The molecular weight excluding hydrogens is 468 g/mol. The van der Waals surface area contributed by atoms with Crippen LogP contribution in [0.15, 0.2) is 60.7 Å². The third-order valence-electron chi connectivity index (χ3n) is 6.77. The Morgan fingerprint density at radius 3 is 2.17 bits per heavy atom. The molecule has 6 heteroatoms. The van der Waals surface area contributed by atoms with Crippen LogP contribution >= 0.6 is 0 Å². The first-order valence-corrected chi connectivity index (χ1v) is 12.4. The highest BCUT2D eigenvalue weighted by Crippen LogP contribution is 2.39. The summed E-state index contributed by atoms with van der Waals surface area (Å²) in [7, 11) is 0. The van der Waals surface area contributed by atoms with E-state index in [2.05, 4.69) is 12.2 Å². The van der Waals surface area contributed by atoms with Gasteiger partial charge in [-0.25, -0.2) is 13.2 Å². The molecule has 3 aromatic carbocycles. The summed E-state index contributed by atoms with van der Waals surface area (Å²) >= 11 is 0. The Morgan fingerprint density at radius 1 is 0.778 bits per heavy atom. The van der Waals surface area contributed by atoms with E-state index >= 15 is 8.78 Å². The maximum absolute atomic E-state index is 15.0. The Bertz CT molecular complexity index is 1210. The molecule has 190 valence electrons. The van der Waals surface area contributed by atoms with Gasteiger partial charge >= 0.3 is 0 Å². The topological polar surface area (TPSA) is 18.5 Å². The van der Waals surface area contributed by atoms with Crippen LogP contribution in [-0.2, 0) is 6.61 Å². The molecule has 1 fully saturated rings. The number of hydrogen-bond acceptors (Lipinski definition) is 2. The van der Waals surface area contributed by atoms with Crippen LogP contribution in [0.1, 0.15) is 56.6 Å². The zero-order chi connectivity index (χ0) is 25.7. The highest BCUT2D eigenvalue weighted by molar-refractivity contribution is 5.65. The number of allylic oxidation sites excluding steroid dienone is 2. The maximum atomic E-state index is 15.0. The minimum atomic E-state index is -1.06. The van der Waals surface area contributed by atoms with Gasteiger partial charge in [0.15, 0.2) is 23.2 Å². The fourth-order valence-electron chi connectivity index (χ4n) is 4.84. The second-order valence-corrected chi connectivity index (χ2v) is 9.06. The standard InChI is InChI=1S/C30H30F4O2/c1-3-5-19-6-8-20(9-7-19)24-15-16-25(29(33)28(24)32)21-10-13-23(14-11-21)36-18-22-12-17-26(35-4-2)30(34)27(22)31/h3,5,10-17,19-20H,4,6-9,18H2,1-2H3/b5-3+. The smallest absolute Gasteiger partial charge is 0.201 e. The van der Waals surface area contributed by atoms with Crippen LogP contribution in [0.25, 0.3) is 11.1 Å². The van der Waals surface area contributed by atoms with Crippen molar-refractivity contribution in [1.82, 2.24) is 0 Å². The molecule has 0 unspecified atom stereocenters. The van der Waals surface area contributed by atoms with Gasteiger partial charge in [-0.05, 0) is 86.8 Å². The molecule has 36 heavy (non-hydrogen) atoms. The van der Waals surface area contributed by atoms with Gasteiger partial charge in [0.2, 0.25) is 5.82 Å². The molecule has 0 saturated heterocycles.